The number of hydrogen-bond acceptors (Lipinski definition) is 5. The molecule has 160 valence electrons. The number of anilines is 1. The molecule has 1 N–H and O–H groups in total. The van der Waals surface area contributed by atoms with Crippen LogP contribution in [0.4, 0.5) is 10.5 Å². The Balaban J connectivity index is 1.87. The lowest BCUT2D eigenvalue weighted by Gasteiger charge is -2.33. The van der Waals surface area contributed by atoms with Crippen molar-refractivity contribution in [2.24, 2.45) is 5.92 Å². The number of ether oxygens (including phenoxy) is 2. The first-order valence-electron chi connectivity index (χ1n) is 10.1. The molecular weight excluding hydrogens is 372 g/mol. The maximum atomic E-state index is 12.4. The fraction of sp³-hybridized carbons (Fsp3) is 0.591. The molecule has 1 fully saturated rings. The number of carbonyl (C=O) groups excluding carboxylic acids is 3. The molecule has 0 atom stereocenters. The van der Waals surface area contributed by atoms with E-state index in [0.29, 0.717) is 11.6 Å². The number of nitrogens with one attached hydrogen (secondary N) is 1. The Hall–Kier alpha value is -2.57. The molecule has 0 spiro atoms. The lowest BCUT2D eigenvalue weighted by Crippen LogP contribution is -2.41. The summed E-state index contributed by atoms with van der Waals surface area (Å²) < 4.78 is 10.4. The Morgan fingerprint density at radius 3 is 2.41 bits per heavy atom. The van der Waals surface area contributed by atoms with Gasteiger partial charge in [0.2, 0.25) is 0 Å². The average molecular weight is 405 g/mol. The van der Waals surface area contributed by atoms with E-state index >= 15 is 0 Å². The molecule has 0 aliphatic heterocycles. The van der Waals surface area contributed by atoms with Crippen molar-refractivity contribution in [1.29, 1.82) is 0 Å². The number of esters is 1. The topological polar surface area (TPSA) is 84.9 Å². The third-order valence-electron chi connectivity index (χ3n) is 5.00. The van der Waals surface area contributed by atoms with Crippen molar-refractivity contribution in [3.63, 3.8) is 0 Å². The van der Waals surface area contributed by atoms with E-state index in [-0.39, 0.29) is 24.1 Å². The summed E-state index contributed by atoms with van der Waals surface area (Å²) in [5, 5.41) is 2.58. The Labute approximate surface area is 172 Å². The van der Waals surface area contributed by atoms with E-state index in [0.717, 1.165) is 25.7 Å². The summed E-state index contributed by atoms with van der Waals surface area (Å²) in [5.41, 5.74) is 0.0394. The van der Waals surface area contributed by atoms with Crippen LogP contribution in [0.15, 0.2) is 24.3 Å². The summed E-state index contributed by atoms with van der Waals surface area (Å²) in [6.45, 7) is 7.23. The van der Waals surface area contributed by atoms with Gasteiger partial charge in [0.25, 0.3) is 5.91 Å². The van der Waals surface area contributed by atoms with E-state index in [1.165, 1.54) is 6.07 Å². The second kappa shape index (κ2) is 9.76. The van der Waals surface area contributed by atoms with Crippen molar-refractivity contribution < 1.29 is 23.9 Å². The first-order chi connectivity index (χ1) is 13.5. The SMILES string of the molecule is CC1CCC(N(C)C(=O)COC(=O)c2cccc(NC(=O)OC(C)(C)C)c2)CC1. The van der Waals surface area contributed by atoms with E-state index in [1.807, 2.05) is 0 Å². The fourth-order valence-corrected chi connectivity index (χ4v) is 3.29. The van der Waals surface area contributed by atoms with Gasteiger partial charge in [-0.05, 0) is 70.6 Å². The van der Waals surface area contributed by atoms with Crippen LogP contribution in [-0.4, -0.2) is 48.2 Å². The molecule has 7 heteroatoms. The molecule has 0 aromatic heterocycles. The monoisotopic (exact) mass is 404 g/mol. The molecule has 29 heavy (non-hydrogen) atoms. The van der Waals surface area contributed by atoms with Gasteiger partial charge in [-0.1, -0.05) is 13.0 Å². The van der Waals surface area contributed by atoms with Gasteiger partial charge in [0.05, 0.1) is 5.56 Å². The largest absolute Gasteiger partial charge is 0.452 e. The van der Waals surface area contributed by atoms with Crippen LogP contribution in [0.1, 0.15) is 63.7 Å². The molecule has 2 amide bonds. The number of hydrogen-bond donors (Lipinski definition) is 1. The van der Waals surface area contributed by atoms with Gasteiger partial charge < -0.3 is 14.4 Å². The highest BCUT2D eigenvalue weighted by molar-refractivity contribution is 5.93. The lowest BCUT2D eigenvalue weighted by atomic mass is 9.87. The molecule has 1 aliphatic rings. The van der Waals surface area contributed by atoms with Crippen molar-refractivity contribution in [2.45, 2.75) is 65.0 Å². The van der Waals surface area contributed by atoms with Gasteiger partial charge >= 0.3 is 12.1 Å². The lowest BCUT2D eigenvalue weighted by molar-refractivity contribution is -0.136. The Kier molecular flexibility index (Phi) is 7.65. The van der Waals surface area contributed by atoms with Crippen LogP contribution in [0.3, 0.4) is 0 Å². The van der Waals surface area contributed by atoms with Crippen LogP contribution in [0.5, 0.6) is 0 Å². The third-order valence-corrected chi connectivity index (χ3v) is 5.00. The maximum Gasteiger partial charge on any atom is 0.412 e. The molecule has 1 saturated carbocycles. The van der Waals surface area contributed by atoms with Crippen molar-refractivity contribution in [2.75, 3.05) is 19.0 Å². The molecule has 0 bridgehead atoms. The van der Waals surface area contributed by atoms with Gasteiger partial charge in [0.1, 0.15) is 5.60 Å². The van der Waals surface area contributed by atoms with Gasteiger partial charge in [-0.2, -0.15) is 0 Å². The van der Waals surface area contributed by atoms with Crippen molar-refractivity contribution in [3.05, 3.63) is 29.8 Å². The first kappa shape index (κ1) is 22.7. The third kappa shape index (κ3) is 7.40. The zero-order valence-electron chi connectivity index (χ0n) is 18.0. The van der Waals surface area contributed by atoms with E-state index in [9.17, 15) is 14.4 Å². The Morgan fingerprint density at radius 1 is 1.14 bits per heavy atom. The summed E-state index contributed by atoms with van der Waals surface area (Å²) in [4.78, 5) is 38.3. The fourth-order valence-electron chi connectivity index (χ4n) is 3.29. The van der Waals surface area contributed by atoms with Crippen LogP contribution >= 0.6 is 0 Å². The molecule has 0 radical (unpaired) electrons. The second-order valence-corrected chi connectivity index (χ2v) is 8.70. The molecule has 7 nitrogen and oxygen atoms in total. The maximum absolute atomic E-state index is 12.4. The van der Waals surface area contributed by atoms with E-state index in [1.54, 1.807) is 50.9 Å². The number of amides is 2. The highest BCUT2D eigenvalue weighted by Gasteiger charge is 2.25. The number of carbonyl (C=O) groups is 3. The van der Waals surface area contributed by atoms with Gasteiger partial charge in [-0.25, -0.2) is 9.59 Å². The molecular formula is C22H32N2O5. The van der Waals surface area contributed by atoms with Gasteiger partial charge in [-0.3, -0.25) is 10.1 Å². The molecule has 2 rings (SSSR count). The summed E-state index contributed by atoms with van der Waals surface area (Å²) in [6, 6.07) is 6.53. The molecule has 0 unspecified atom stereocenters. The number of rotatable bonds is 5. The Bertz CT molecular complexity index is 733. The number of nitrogens with zero attached hydrogens (tertiary/aromatic N) is 1. The quantitative estimate of drug-likeness (QED) is 0.743. The predicted octanol–water partition coefficient (Wildman–Crippen LogP) is 4.23. The summed E-state index contributed by atoms with van der Waals surface area (Å²) in [6.07, 6.45) is 3.58. The summed E-state index contributed by atoms with van der Waals surface area (Å²) in [5.74, 6) is -0.119. The molecule has 0 heterocycles. The van der Waals surface area contributed by atoms with E-state index < -0.39 is 17.7 Å². The summed E-state index contributed by atoms with van der Waals surface area (Å²) >= 11 is 0. The van der Waals surface area contributed by atoms with Crippen LogP contribution in [0.25, 0.3) is 0 Å². The molecule has 1 aromatic rings. The highest BCUT2D eigenvalue weighted by atomic mass is 16.6. The van der Waals surface area contributed by atoms with Crippen LogP contribution < -0.4 is 5.32 Å². The minimum Gasteiger partial charge on any atom is -0.452 e. The predicted molar refractivity (Wildman–Crippen MR) is 111 cm³/mol. The van der Waals surface area contributed by atoms with Crippen LogP contribution in [0, 0.1) is 5.92 Å². The minimum atomic E-state index is -0.622. The number of likely N-dealkylation sites (N-methyl/N-ethyl adjacent to an activating group) is 1. The van der Waals surface area contributed by atoms with Crippen LogP contribution in [0.2, 0.25) is 0 Å². The highest BCUT2D eigenvalue weighted by Crippen LogP contribution is 2.26. The zero-order valence-corrected chi connectivity index (χ0v) is 18.0. The first-order valence-corrected chi connectivity index (χ1v) is 10.1. The van der Waals surface area contributed by atoms with Gasteiger partial charge in [-0.15, -0.1) is 0 Å². The zero-order chi connectivity index (χ0) is 21.6. The van der Waals surface area contributed by atoms with Gasteiger partial charge in [0.15, 0.2) is 6.61 Å². The normalized spacial score (nSPS) is 19.2. The summed E-state index contributed by atoms with van der Waals surface area (Å²) in [7, 11) is 1.77. The Morgan fingerprint density at radius 2 is 1.79 bits per heavy atom. The van der Waals surface area contributed by atoms with Crippen LogP contribution in [-0.2, 0) is 14.3 Å². The smallest absolute Gasteiger partial charge is 0.412 e. The van der Waals surface area contributed by atoms with E-state index in [4.69, 9.17) is 9.47 Å². The minimum absolute atomic E-state index is 0.207. The van der Waals surface area contributed by atoms with Gasteiger partial charge in [0, 0.05) is 18.8 Å². The number of benzene rings is 1. The molecule has 1 aliphatic carbocycles. The average Bonchev–Trinajstić information content (AvgIpc) is 2.64. The standard InChI is InChI=1S/C22H32N2O5/c1-15-9-11-18(12-10-15)24(5)19(25)14-28-20(26)16-7-6-8-17(13-16)23-21(27)29-22(2,3)4/h6-8,13,15,18H,9-12,14H2,1-5H3,(H,23,27). The second-order valence-electron chi connectivity index (χ2n) is 8.70. The van der Waals surface area contributed by atoms with Crippen molar-refractivity contribution >= 4 is 23.7 Å². The molecule has 1 aromatic carbocycles. The van der Waals surface area contributed by atoms with E-state index in [2.05, 4.69) is 12.2 Å². The molecule has 0 saturated heterocycles. The van der Waals surface area contributed by atoms with Crippen molar-refractivity contribution in [1.82, 2.24) is 4.90 Å². The van der Waals surface area contributed by atoms with Crippen molar-refractivity contribution in [3.8, 4) is 0 Å².